The van der Waals surface area contributed by atoms with E-state index >= 15 is 0 Å². The molecule has 0 amide bonds. The van der Waals surface area contributed by atoms with Gasteiger partial charge in [-0.05, 0) is 13.0 Å². The fourth-order valence-electron chi connectivity index (χ4n) is 1.84. The van der Waals surface area contributed by atoms with E-state index in [1.807, 2.05) is 23.8 Å². The minimum absolute atomic E-state index is 0.454. The topological polar surface area (TPSA) is 86.3 Å². The van der Waals surface area contributed by atoms with Gasteiger partial charge in [-0.2, -0.15) is 20.1 Å². The first-order valence-electron chi connectivity index (χ1n) is 6.27. The Hall–Kier alpha value is -2.77. The van der Waals surface area contributed by atoms with Crippen molar-refractivity contribution in [3.63, 3.8) is 0 Å². The molecule has 3 rings (SSSR count). The van der Waals surface area contributed by atoms with E-state index in [1.54, 1.807) is 30.3 Å². The highest BCUT2D eigenvalue weighted by molar-refractivity contribution is 5.48. The van der Waals surface area contributed by atoms with Crippen molar-refractivity contribution < 1.29 is 0 Å². The van der Waals surface area contributed by atoms with Gasteiger partial charge in [0.25, 0.3) is 5.95 Å². The largest absolute Gasteiger partial charge is 0.357 e. The molecule has 0 spiro atoms. The Morgan fingerprint density at radius 1 is 1.15 bits per heavy atom. The van der Waals surface area contributed by atoms with Gasteiger partial charge in [0, 0.05) is 38.4 Å². The van der Waals surface area contributed by atoms with Crippen molar-refractivity contribution in [2.75, 3.05) is 12.4 Å². The summed E-state index contributed by atoms with van der Waals surface area (Å²) in [4.78, 5) is 17.4. The molecule has 1 N–H and O–H groups in total. The maximum absolute atomic E-state index is 4.43. The Labute approximate surface area is 115 Å². The average Bonchev–Trinajstić information content (AvgIpc) is 3.17. The predicted molar refractivity (Wildman–Crippen MR) is 73.4 cm³/mol. The summed E-state index contributed by atoms with van der Waals surface area (Å²) in [6.07, 6.45) is 7.08. The van der Waals surface area contributed by atoms with E-state index < -0.39 is 0 Å². The number of aryl methyl sites for hydroxylation is 1. The maximum Gasteiger partial charge on any atom is 0.256 e. The molecular weight excluding hydrogens is 256 g/mol. The van der Waals surface area contributed by atoms with Crippen LogP contribution < -0.4 is 5.32 Å². The molecule has 0 saturated heterocycles. The molecule has 0 fully saturated rings. The number of imidazole rings is 1. The van der Waals surface area contributed by atoms with Gasteiger partial charge in [-0.1, -0.05) is 0 Å². The highest BCUT2D eigenvalue weighted by Crippen LogP contribution is 2.15. The van der Waals surface area contributed by atoms with Crippen molar-refractivity contribution in [1.29, 1.82) is 0 Å². The lowest BCUT2D eigenvalue weighted by Crippen LogP contribution is -2.10. The average molecular weight is 270 g/mol. The fourth-order valence-corrected chi connectivity index (χ4v) is 1.84. The maximum atomic E-state index is 4.43. The van der Waals surface area contributed by atoms with Crippen LogP contribution in [0.5, 0.6) is 0 Å². The summed E-state index contributed by atoms with van der Waals surface area (Å²) in [6, 6.07) is 1.81. The molecule has 0 aliphatic carbocycles. The summed E-state index contributed by atoms with van der Waals surface area (Å²) in [5.41, 5.74) is 0. The molecule has 0 atom stereocenters. The quantitative estimate of drug-likeness (QED) is 0.760. The summed E-state index contributed by atoms with van der Waals surface area (Å²) in [5, 5.41) is 7.06. The number of nitrogens with zero attached hydrogens (tertiary/aromatic N) is 7. The predicted octanol–water partition coefficient (Wildman–Crippen LogP) is 0.982. The van der Waals surface area contributed by atoms with Crippen LogP contribution in [0.2, 0.25) is 0 Å². The lowest BCUT2D eigenvalue weighted by Gasteiger charge is -2.07. The third kappa shape index (κ3) is 2.11. The third-order valence-electron chi connectivity index (χ3n) is 2.81. The van der Waals surface area contributed by atoms with E-state index in [0.29, 0.717) is 23.5 Å². The van der Waals surface area contributed by atoms with Crippen molar-refractivity contribution in [1.82, 2.24) is 34.3 Å². The van der Waals surface area contributed by atoms with Gasteiger partial charge in [0.15, 0.2) is 5.82 Å². The van der Waals surface area contributed by atoms with E-state index in [2.05, 4.69) is 30.4 Å². The number of aromatic nitrogens is 7. The van der Waals surface area contributed by atoms with Crippen LogP contribution >= 0.6 is 0 Å². The zero-order valence-electron chi connectivity index (χ0n) is 11.2. The lowest BCUT2D eigenvalue weighted by molar-refractivity contribution is 0.754. The molecule has 8 nitrogen and oxygen atoms in total. The van der Waals surface area contributed by atoms with Crippen LogP contribution in [0.3, 0.4) is 0 Å². The Morgan fingerprint density at radius 3 is 2.75 bits per heavy atom. The summed E-state index contributed by atoms with van der Waals surface area (Å²) >= 11 is 0. The fraction of sp³-hybridized carbons (Fsp3) is 0.250. The Bertz CT molecular complexity index is 700. The number of hydrogen-bond acceptors (Lipinski definition) is 6. The molecule has 0 bridgehead atoms. The van der Waals surface area contributed by atoms with E-state index in [4.69, 9.17) is 0 Å². The van der Waals surface area contributed by atoms with Gasteiger partial charge >= 0.3 is 0 Å². The van der Waals surface area contributed by atoms with Gasteiger partial charge in [0.2, 0.25) is 11.8 Å². The summed E-state index contributed by atoms with van der Waals surface area (Å²) in [5.74, 6) is 2.16. The first kappa shape index (κ1) is 12.3. The summed E-state index contributed by atoms with van der Waals surface area (Å²) in [6.45, 7) is 2.84. The van der Waals surface area contributed by atoms with Gasteiger partial charge in [0.05, 0.1) is 0 Å². The van der Waals surface area contributed by atoms with Crippen LogP contribution in [0.1, 0.15) is 6.92 Å². The van der Waals surface area contributed by atoms with Crippen LogP contribution in [-0.2, 0) is 6.54 Å². The Balaban J connectivity index is 2.14. The molecule has 8 heteroatoms. The van der Waals surface area contributed by atoms with E-state index in [0.717, 1.165) is 6.54 Å². The van der Waals surface area contributed by atoms with Gasteiger partial charge in [0.1, 0.15) is 0 Å². The molecule has 0 unspecified atom stereocenters. The Kier molecular flexibility index (Phi) is 3.12. The molecule has 0 aromatic carbocycles. The molecule has 0 radical (unpaired) electrons. The molecule has 3 aromatic rings. The zero-order chi connectivity index (χ0) is 13.9. The van der Waals surface area contributed by atoms with Crippen molar-refractivity contribution in [3.8, 4) is 17.6 Å². The first-order chi connectivity index (χ1) is 9.81. The number of nitrogens with one attached hydrogen (secondary N) is 1. The monoisotopic (exact) mass is 270 g/mol. The van der Waals surface area contributed by atoms with Crippen molar-refractivity contribution in [3.05, 3.63) is 30.9 Å². The van der Waals surface area contributed by atoms with Crippen LogP contribution in [0.15, 0.2) is 30.9 Å². The van der Waals surface area contributed by atoms with Crippen LogP contribution in [0.25, 0.3) is 17.6 Å². The SMILES string of the molecule is CCn1ccnc1-c1nc(NC)nc(-n2cccn2)n1. The van der Waals surface area contributed by atoms with Gasteiger partial charge in [-0.3, -0.25) is 0 Å². The number of rotatable bonds is 4. The number of anilines is 1. The van der Waals surface area contributed by atoms with Gasteiger partial charge < -0.3 is 9.88 Å². The van der Waals surface area contributed by atoms with Crippen molar-refractivity contribution in [2.24, 2.45) is 0 Å². The summed E-state index contributed by atoms with van der Waals surface area (Å²) in [7, 11) is 1.76. The second-order valence-electron chi connectivity index (χ2n) is 4.02. The first-order valence-corrected chi connectivity index (χ1v) is 6.27. The Morgan fingerprint density at radius 2 is 2.05 bits per heavy atom. The van der Waals surface area contributed by atoms with E-state index in [-0.39, 0.29) is 0 Å². The van der Waals surface area contributed by atoms with Crippen LogP contribution in [0.4, 0.5) is 5.95 Å². The minimum atomic E-state index is 0.454. The van der Waals surface area contributed by atoms with E-state index in [9.17, 15) is 0 Å². The van der Waals surface area contributed by atoms with Crippen molar-refractivity contribution >= 4 is 5.95 Å². The van der Waals surface area contributed by atoms with Gasteiger partial charge in [-0.25, -0.2) is 9.67 Å². The second-order valence-corrected chi connectivity index (χ2v) is 4.02. The molecule has 0 aliphatic heterocycles. The molecule has 0 aliphatic rings. The number of hydrogen-bond donors (Lipinski definition) is 1. The van der Waals surface area contributed by atoms with Gasteiger partial charge in [-0.15, -0.1) is 0 Å². The lowest BCUT2D eigenvalue weighted by atomic mass is 10.5. The zero-order valence-corrected chi connectivity index (χ0v) is 11.2. The standard InChI is InChI=1S/C12H14N8/c1-3-19-8-6-14-10(19)9-16-11(13-2)18-12(17-9)20-7-4-5-15-20/h4-8H,3H2,1-2H3,(H,13,16,17,18). The highest BCUT2D eigenvalue weighted by atomic mass is 15.4. The van der Waals surface area contributed by atoms with Crippen LogP contribution in [-0.4, -0.2) is 41.3 Å². The second kappa shape index (κ2) is 5.08. The molecule has 102 valence electrons. The normalized spacial score (nSPS) is 10.7. The molecule has 3 aromatic heterocycles. The molecule has 20 heavy (non-hydrogen) atoms. The third-order valence-corrected chi connectivity index (χ3v) is 2.81. The van der Waals surface area contributed by atoms with Crippen molar-refractivity contribution in [2.45, 2.75) is 13.5 Å². The molecule has 3 heterocycles. The minimum Gasteiger partial charge on any atom is -0.357 e. The summed E-state index contributed by atoms with van der Waals surface area (Å²) < 4.78 is 3.56. The van der Waals surface area contributed by atoms with E-state index in [1.165, 1.54) is 0 Å². The molecular formula is C12H14N8. The molecule has 0 saturated carbocycles. The smallest absolute Gasteiger partial charge is 0.256 e. The van der Waals surface area contributed by atoms with Crippen LogP contribution in [0, 0.1) is 0 Å². The highest BCUT2D eigenvalue weighted by Gasteiger charge is 2.13.